The average molecular weight is 621 g/mol. The Morgan fingerprint density at radius 1 is 0.186 bits per heavy atom. The fraction of sp³-hybridized carbons (Fsp3) is 1.00. The first-order valence-electron chi connectivity index (χ1n) is 18.0. The monoisotopic (exact) mass is 621 g/mol. The second kappa shape index (κ2) is 41.7. The van der Waals surface area contributed by atoms with E-state index in [-0.39, 0.29) is 0 Å². The molecule has 0 saturated carbocycles. The van der Waals surface area contributed by atoms with E-state index in [9.17, 15) is 0 Å². The molecule has 0 bridgehead atoms. The molecule has 0 aromatic carbocycles. The molecule has 0 radical (unpaired) electrons. The molecule has 0 aliphatic carbocycles. The van der Waals surface area contributed by atoms with Crippen LogP contribution in [0.25, 0.3) is 0 Å². The van der Waals surface area contributed by atoms with E-state index in [1.54, 1.807) is 0 Å². The molecule has 8 nitrogen and oxygen atoms in total. The Hall–Kier alpha value is -0.320. The molecule has 0 aliphatic rings. The number of hydrogen-bond donors (Lipinski definition) is 0. The highest BCUT2D eigenvalue weighted by atomic mass is 16.6. The molecule has 0 spiro atoms. The lowest BCUT2D eigenvalue weighted by Gasteiger charge is -2.09. The number of hydrogen-bond acceptors (Lipinski definition) is 8. The van der Waals surface area contributed by atoms with Gasteiger partial charge in [0.15, 0.2) is 0 Å². The number of unbranched alkanes of at least 4 members (excludes halogenated alkanes) is 15. The summed E-state index contributed by atoms with van der Waals surface area (Å²) in [6, 6.07) is 0. The summed E-state index contributed by atoms with van der Waals surface area (Å²) < 4.78 is 44.4. The Labute approximate surface area is 266 Å². The molecule has 0 saturated heterocycles. The molecule has 0 unspecified atom stereocenters. The maximum Gasteiger partial charge on any atom is 0.0701 e. The maximum atomic E-state index is 5.66. The normalized spacial score (nSPS) is 11.6. The van der Waals surface area contributed by atoms with Crippen LogP contribution in [0.4, 0.5) is 0 Å². The molecule has 0 N–H and O–H groups in total. The summed E-state index contributed by atoms with van der Waals surface area (Å²) in [7, 11) is 0. The van der Waals surface area contributed by atoms with Crippen molar-refractivity contribution in [2.24, 2.45) is 0 Å². The summed E-state index contributed by atoms with van der Waals surface area (Å²) in [6.45, 7) is 14.4. The Bertz CT molecular complexity index is 429. The van der Waals surface area contributed by atoms with Gasteiger partial charge >= 0.3 is 0 Å². The fourth-order valence-electron chi connectivity index (χ4n) is 4.49. The second-order valence-corrected chi connectivity index (χ2v) is 11.2. The molecule has 0 fully saturated rings. The molecule has 0 aromatic heterocycles. The minimum absolute atomic E-state index is 0.554. The second-order valence-electron chi connectivity index (χ2n) is 11.2. The van der Waals surface area contributed by atoms with Crippen LogP contribution in [-0.2, 0) is 37.9 Å². The molecule has 260 valence electrons. The summed E-state index contributed by atoms with van der Waals surface area (Å²) in [5.41, 5.74) is 0. The van der Waals surface area contributed by atoms with Gasteiger partial charge in [-0.1, -0.05) is 110 Å². The van der Waals surface area contributed by atoms with Gasteiger partial charge < -0.3 is 37.9 Å². The third kappa shape index (κ3) is 41.7. The van der Waals surface area contributed by atoms with Gasteiger partial charge in [0.05, 0.1) is 92.5 Å². The topological polar surface area (TPSA) is 73.8 Å². The fourth-order valence-corrected chi connectivity index (χ4v) is 4.49. The zero-order valence-corrected chi connectivity index (χ0v) is 28.6. The van der Waals surface area contributed by atoms with E-state index in [4.69, 9.17) is 37.9 Å². The van der Waals surface area contributed by atoms with E-state index in [1.165, 1.54) is 96.3 Å². The molecule has 0 rings (SSSR count). The Morgan fingerprint density at radius 3 is 0.558 bits per heavy atom. The molecule has 8 heteroatoms. The van der Waals surface area contributed by atoms with Crippen LogP contribution in [0.15, 0.2) is 0 Å². The van der Waals surface area contributed by atoms with Crippen LogP contribution in [-0.4, -0.2) is 106 Å². The lowest BCUT2D eigenvalue weighted by molar-refractivity contribution is -0.0232. The standard InChI is InChI=1S/C35H72O8/c1-3-5-7-9-11-12-13-14-15-17-19-21-37-23-25-39-27-29-41-31-33-43-35-34-42-32-30-40-28-26-38-24-22-36-20-18-16-10-8-6-4-2/h3-35H2,1-2H3. The van der Waals surface area contributed by atoms with Crippen LogP contribution in [0.3, 0.4) is 0 Å². The highest BCUT2D eigenvalue weighted by Gasteiger charge is 1.97. The molecule has 0 aliphatic heterocycles. The Morgan fingerprint density at radius 2 is 0.349 bits per heavy atom. The molecular weight excluding hydrogens is 548 g/mol. The molecule has 0 amide bonds. The quantitative estimate of drug-likeness (QED) is 0.0643. The predicted octanol–water partition coefficient (Wildman–Crippen LogP) is 7.79. The van der Waals surface area contributed by atoms with Crippen LogP contribution < -0.4 is 0 Å². The summed E-state index contributed by atoms with van der Waals surface area (Å²) in [4.78, 5) is 0. The molecule has 0 atom stereocenters. The minimum atomic E-state index is 0.554. The van der Waals surface area contributed by atoms with Crippen molar-refractivity contribution in [3.63, 3.8) is 0 Å². The van der Waals surface area contributed by atoms with E-state index in [1.807, 2.05) is 0 Å². The SMILES string of the molecule is CCCCCCCCCCCCCOCCOCCOCCOCCOCCOCCOCCOCCCCCCCC. The molecular formula is C35H72O8. The van der Waals surface area contributed by atoms with Crippen molar-refractivity contribution in [3.05, 3.63) is 0 Å². The highest BCUT2D eigenvalue weighted by molar-refractivity contribution is 4.48. The van der Waals surface area contributed by atoms with Crippen molar-refractivity contribution >= 4 is 0 Å². The van der Waals surface area contributed by atoms with Gasteiger partial charge in [-0.3, -0.25) is 0 Å². The van der Waals surface area contributed by atoms with E-state index in [2.05, 4.69) is 13.8 Å². The van der Waals surface area contributed by atoms with Gasteiger partial charge in [0.1, 0.15) is 0 Å². The zero-order chi connectivity index (χ0) is 31.0. The van der Waals surface area contributed by atoms with E-state index in [0.717, 1.165) is 26.1 Å². The summed E-state index contributed by atoms with van der Waals surface area (Å²) >= 11 is 0. The first-order valence-corrected chi connectivity index (χ1v) is 18.0. The van der Waals surface area contributed by atoms with E-state index in [0.29, 0.717) is 92.5 Å². The highest BCUT2D eigenvalue weighted by Crippen LogP contribution is 2.11. The van der Waals surface area contributed by atoms with Crippen LogP contribution in [0.1, 0.15) is 123 Å². The van der Waals surface area contributed by atoms with Gasteiger partial charge in [0.25, 0.3) is 0 Å². The van der Waals surface area contributed by atoms with Crippen molar-refractivity contribution in [3.8, 4) is 0 Å². The Balaban J connectivity index is 3.02. The molecule has 43 heavy (non-hydrogen) atoms. The average Bonchev–Trinajstić information content (AvgIpc) is 3.02. The van der Waals surface area contributed by atoms with Gasteiger partial charge in [0, 0.05) is 13.2 Å². The van der Waals surface area contributed by atoms with Crippen LogP contribution >= 0.6 is 0 Å². The van der Waals surface area contributed by atoms with E-state index >= 15 is 0 Å². The zero-order valence-electron chi connectivity index (χ0n) is 28.6. The number of ether oxygens (including phenoxy) is 8. The summed E-state index contributed by atoms with van der Waals surface area (Å²) in [5.74, 6) is 0. The maximum absolute atomic E-state index is 5.66. The van der Waals surface area contributed by atoms with Crippen LogP contribution in [0, 0.1) is 0 Å². The third-order valence-electron chi connectivity index (χ3n) is 7.14. The smallest absolute Gasteiger partial charge is 0.0701 e. The van der Waals surface area contributed by atoms with Crippen molar-refractivity contribution in [1.29, 1.82) is 0 Å². The number of rotatable bonds is 40. The van der Waals surface area contributed by atoms with Crippen molar-refractivity contribution in [1.82, 2.24) is 0 Å². The molecule has 0 heterocycles. The van der Waals surface area contributed by atoms with Crippen LogP contribution in [0.5, 0.6) is 0 Å². The van der Waals surface area contributed by atoms with Crippen molar-refractivity contribution < 1.29 is 37.9 Å². The van der Waals surface area contributed by atoms with Crippen molar-refractivity contribution in [2.75, 3.05) is 106 Å². The third-order valence-corrected chi connectivity index (χ3v) is 7.14. The van der Waals surface area contributed by atoms with Gasteiger partial charge in [-0.25, -0.2) is 0 Å². The largest absolute Gasteiger partial charge is 0.379 e. The summed E-state index contributed by atoms with van der Waals surface area (Å²) in [5, 5.41) is 0. The first kappa shape index (κ1) is 42.7. The first-order chi connectivity index (χ1) is 21.4. The summed E-state index contributed by atoms with van der Waals surface area (Å²) in [6.07, 6.45) is 22.7. The van der Waals surface area contributed by atoms with Gasteiger partial charge in [-0.05, 0) is 12.8 Å². The van der Waals surface area contributed by atoms with Crippen LogP contribution in [0.2, 0.25) is 0 Å². The van der Waals surface area contributed by atoms with Crippen molar-refractivity contribution in [2.45, 2.75) is 123 Å². The lowest BCUT2D eigenvalue weighted by Crippen LogP contribution is -2.15. The minimum Gasteiger partial charge on any atom is -0.379 e. The van der Waals surface area contributed by atoms with Gasteiger partial charge in [-0.2, -0.15) is 0 Å². The van der Waals surface area contributed by atoms with E-state index < -0.39 is 0 Å². The Kier molecular flexibility index (Phi) is 41.4. The molecule has 0 aromatic rings. The lowest BCUT2D eigenvalue weighted by atomic mass is 10.1. The van der Waals surface area contributed by atoms with Gasteiger partial charge in [0.2, 0.25) is 0 Å². The predicted molar refractivity (Wildman–Crippen MR) is 176 cm³/mol. The van der Waals surface area contributed by atoms with Gasteiger partial charge in [-0.15, -0.1) is 0 Å².